The topological polar surface area (TPSA) is 40.6 Å². The average molecular weight is 404 g/mol. The lowest BCUT2D eigenvalue weighted by molar-refractivity contribution is -0.143. The Morgan fingerprint density at radius 1 is 0.962 bits per heavy atom. The Balaban J connectivity index is 2.48. The van der Waals surface area contributed by atoms with Gasteiger partial charge in [-0.05, 0) is 51.2 Å². The normalized spacial score (nSPS) is 18.5. The van der Waals surface area contributed by atoms with Gasteiger partial charge in [-0.3, -0.25) is 0 Å². The summed E-state index contributed by atoms with van der Waals surface area (Å²) in [6, 6.07) is -0.0826. The van der Waals surface area contributed by atoms with Gasteiger partial charge in [0, 0.05) is 13.1 Å². The molecule has 1 aromatic carbocycles. The van der Waals surface area contributed by atoms with Gasteiger partial charge in [0.1, 0.15) is 0 Å². The molecule has 26 heavy (non-hydrogen) atoms. The number of hydrogen-bond acceptors (Lipinski definition) is 3. The molecule has 1 aliphatic rings. The van der Waals surface area contributed by atoms with Crippen LogP contribution in [0.15, 0.2) is 23.1 Å². The van der Waals surface area contributed by atoms with Crippen LogP contribution in [0.3, 0.4) is 0 Å². The van der Waals surface area contributed by atoms with Crippen molar-refractivity contribution in [3.05, 3.63) is 29.3 Å². The maximum absolute atomic E-state index is 12.9. The largest absolute Gasteiger partial charge is 0.416 e. The average Bonchev–Trinajstić information content (AvgIpc) is 2.52. The fraction of sp³-hybridized carbons (Fsp3) is 0.600. The monoisotopic (exact) mass is 404 g/mol. The zero-order valence-corrected chi connectivity index (χ0v) is 14.8. The first-order valence-electron chi connectivity index (χ1n) is 7.69. The molecule has 0 unspecified atom stereocenters. The van der Waals surface area contributed by atoms with E-state index in [-0.39, 0.29) is 18.2 Å². The molecule has 4 nitrogen and oxygen atoms in total. The molecule has 0 spiro atoms. The zero-order chi connectivity index (χ0) is 19.9. The second-order valence-corrected chi connectivity index (χ2v) is 8.29. The highest BCUT2D eigenvalue weighted by atomic mass is 32.2. The minimum absolute atomic E-state index is 0.0887. The fourth-order valence-corrected chi connectivity index (χ4v) is 4.28. The van der Waals surface area contributed by atoms with Gasteiger partial charge in [-0.1, -0.05) is 0 Å². The molecule has 2 rings (SSSR count). The Bertz CT molecular complexity index is 720. The lowest BCUT2D eigenvalue weighted by Gasteiger charge is -2.34. The molecule has 1 saturated heterocycles. The maximum atomic E-state index is 12.9. The van der Waals surface area contributed by atoms with Gasteiger partial charge in [-0.25, -0.2) is 8.42 Å². The van der Waals surface area contributed by atoms with E-state index in [2.05, 4.69) is 0 Å². The fourth-order valence-electron chi connectivity index (χ4n) is 2.80. The number of halogens is 6. The van der Waals surface area contributed by atoms with Crippen molar-refractivity contribution in [2.75, 3.05) is 27.2 Å². The number of hydrogen-bond donors (Lipinski definition) is 0. The molecule has 1 fully saturated rings. The quantitative estimate of drug-likeness (QED) is 0.725. The van der Waals surface area contributed by atoms with E-state index in [0.29, 0.717) is 25.9 Å². The van der Waals surface area contributed by atoms with Gasteiger partial charge in [-0.2, -0.15) is 30.6 Å². The van der Waals surface area contributed by atoms with Crippen molar-refractivity contribution in [3.63, 3.8) is 0 Å². The molecule has 0 bridgehead atoms. The number of benzene rings is 1. The summed E-state index contributed by atoms with van der Waals surface area (Å²) in [5.41, 5.74) is -3.30. The summed E-state index contributed by atoms with van der Waals surface area (Å²) in [6.45, 7) is 1.17. The van der Waals surface area contributed by atoms with E-state index in [4.69, 9.17) is 0 Å². The van der Waals surface area contributed by atoms with Crippen molar-refractivity contribution in [2.45, 2.75) is 36.1 Å². The lowest BCUT2D eigenvalue weighted by atomic mass is 10.1. The highest BCUT2D eigenvalue weighted by Crippen LogP contribution is 2.38. The lowest BCUT2D eigenvalue weighted by Crippen LogP contribution is -2.44. The van der Waals surface area contributed by atoms with E-state index >= 15 is 0 Å². The minimum atomic E-state index is -5.10. The molecule has 0 atom stereocenters. The first-order chi connectivity index (χ1) is 11.7. The van der Waals surface area contributed by atoms with Crippen molar-refractivity contribution in [3.8, 4) is 0 Å². The van der Waals surface area contributed by atoms with Crippen LogP contribution in [0.25, 0.3) is 0 Å². The number of piperidine rings is 1. The van der Waals surface area contributed by atoms with Gasteiger partial charge in [0.15, 0.2) is 0 Å². The molecule has 0 saturated carbocycles. The van der Waals surface area contributed by atoms with Gasteiger partial charge in [0.25, 0.3) is 0 Å². The molecule has 1 aromatic rings. The second kappa shape index (κ2) is 7.01. The van der Waals surface area contributed by atoms with E-state index < -0.39 is 44.4 Å². The minimum Gasteiger partial charge on any atom is -0.306 e. The zero-order valence-electron chi connectivity index (χ0n) is 14.0. The Morgan fingerprint density at radius 2 is 1.38 bits per heavy atom. The molecule has 0 N–H and O–H groups in total. The van der Waals surface area contributed by atoms with E-state index in [1.54, 1.807) is 0 Å². The summed E-state index contributed by atoms with van der Waals surface area (Å²) in [6.07, 6.45) is -9.32. The maximum Gasteiger partial charge on any atom is 0.416 e. The molecular weight excluding hydrogens is 386 g/mol. The molecule has 0 amide bonds. The number of alkyl halides is 6. The summed E-state index contributed by atoms with van der Waals surface area (Å²) in [5.74, 6) is 0. The van der Waals surface area contributed by atoms with Crippen molar-refractivity contribution in [2.24, 2.45) is 0 Å². The number of nitrogens with zero attached hydrogens (tertiary/aromatic N) is 2. The summed E-state index contributed by atoms with van der Waals surface area (Å²) >= 11 is 0. The van der Waals surface area contributed by atoms with E-state index in [1.165, 1.54) is 7.05 Å². The summed E-state index contributed by atoms with van der Waals surface area (Å²) in [4.78, 5) is 0.948. The Morgan fingerprint density at radius 3 is 1.77 bits per heavy atom. The van der Waals surface area contributed by atoms with Crippen LogP contribution in [0.2, 0.25) is 0 Å². The Labute approximate surface area is 147 Å². The summed E-state index contributed by atoms with van der Waals surface area (Å²) in [7, 11) is -1.49. The van der Waals surface area contributed by atoms with E-state index in [9.17, 15) is 34.8 Å². The predicted molar refractivity (Wildman–Crippen MR) is 81.9 cm³/mol. The summed E-state index contributed by atoms with van der Waals surface area (Å²) in [5, 5.41) is 0. The van der Waals surface area contributed by atoms with Crippen LogP contribution in [0.4, 0.5) is 26.3 Å². The smallest absolute Gasteiger partial charge is 0.306 e. The van der Waals surface area contributed by atoms with Crippen molar-refractivity contribution < 1.29 is 34.8 Å². The first kappa shape index (κ1) is 21.0. The van der Waals surface area contributed by atoms with Crippen LogP contribution < -0.4 is 0 Å². The number of rotatable bonds is 3. The third-order valence-corrected chi connectivity index (χ3v) is 6.33. The Hall–Kier alpha value is -1.33. The van der Waals surface area contributed by atoms with Crippen LogP contribution in [0.1, 0.15) is 24.0 Å². The third kappa shape index (κ3) is 4.49. The molecule has 0 radical (unpaired) electrons. The molecular formula is C15H18F6N2O2S. The SMILES string of the molecule is CN1CCC(N(C)S(=O)(=O)c2cc(C(F)(F)F)cc(C(F)(F)F)c2)CC1. The van der Waals surface area contributed by atoms with Crippen molar-refractivity contribution in [1.82, 2.24) is 9.21 Å². The van der Waals surface area contributed by atoms with E-state index in [0.717, 1.165) is 4.31 Å². The van der Waals surface area contributed by atoms with Crippen LogP contribution in [0, 0.1) is 0 Å². The highest BCUT2D eigenvalue weighted by molar-refractivity contribution is 7.89. The summed E-state index contributed by atoms with van der Waals surface area (Å²) < 4.78 is 104. The van der Waals surface area contributed by atoms with Gasteiger partial charge in [0.05, 0.1) is 16.0 Å². The van der Waals surface area contributed by atoms with Crippen molar-refractivity contribution >= 4 is 10.0 Å². The second-order valence-electron chi connectivity index (χ2n) is 6.30. The van der Waals surface area contributed by atoms with Gasteiger partial charge >= 0.3 is 12.4 Å². The van der Waals surface area contributed by atoms with E-state index in [1.807, 2.05) is 11.9 Å². The molecule has 0 aromatic heterocycles. The third-order valence-electron chi connectivity index (χ3n) is 4.44. The molecule has 0 aliphatic carbocycles. The van der Waals surface area contributed by atoms with Gasteiger partial charge in [0.2, 0.25) is 10.0 Å². The molecule has 1 heterocycles. The predicted octanol–water partition coefficient (Wildman–Crippen LogP) is 3.44. The molecule has 11 heteroatoms. The standard InChI is InChI=1S/C15H18F6N2O2S/c1-22-5-3-12(4-6-22)23(2)26(24,25)13-8-10(14(16,17)18)7-11(9-13)15(19,20)21/h7-9,12H,3-6H2,1-2H3. The van der Waals surface area contributed by atoms with Gasteiger partial charge in [-0.15, -0.1) is 0 Å². The highest BCUT2D eigenvalue weighted by Gasteiger charge is 2.39. The number of likely N-dealkylation sites (tertiary alicyclic amines) is 1. The van der Waals surface area contributed by atoms with Crippen molar-refractivity contribution in [1.29, 1.82) is 0 Å². The van der Waals surface area contributed by atoms with Gasteiger partial charge < -0.3 is 4.90 Å². The molecule has 148 valence electrons. The number of sulfonamides is 1. The molecule has 1 aliphatic heterocycles. The van der Waals surface area contributed by atoms with Crippen LogP contribution in [-0.4, -0.2) is 50.8 Å². The van der Waals surface area contributed by atoms with Crippen LogP contribution >= 0.6 is 0 Å². The first-order valence-corrected chi connectivity index (χ1v) is 9.13. The van der Waals surface area contributed by atoms with Crippen LogP contribution in [-0.2, 0) is 22.4 Å². The Kier molecular flexibility index (Phi) is 5.65. The van der Waals surface area contributed by atoms with Crippen LogP contribution in [0.5, 0.6) is 0 Å².